The molecule has 1 radical (unpaired) electrons. The van der Waals surface area contributed by atoms with Gasteiger partial charge in [0.15, 0.2) is 11.5 Å². The highest BCUT2D eigenvalue weighted by molar-refractivity contribution is 5.89. The first-order valence-electron chi connectivity index (χ1n) is 13.0. The number of hydrogen-bond donors (Lipinski definition) is 6. The summed E-state index contributed by atoms with van der Waals surface area (Å²) in [5.41, 5.74) is 0.464. The average Bonchev–Trinajstić information content (AvgIpc) is 2.91. The lowest BCUT2D eigenvalue weighted by atomic mass is 9.98. The number of carbonyl (C=O) groups excluding carboxylic acids is 1. The zero-order valence-corrected chi connectivity index (χ0v) is 22.9. The Morgan fingerprint density at radius 2 is 1.26 bits per heavy atom. The molecule has 0 unspecified atom stereocenters. The lowest BCUT2D eigenvalue weighted by molar-refractivity contribution is 0.0505. The van der Waals surface area contributed by atoms with Gasteiger partial charge < -0.3 is 35.4 Å². The van der Waals surface area contributed by atoms with Crippen LogP contribution in [-0.4, -0.2) is 49.3 Å². The quantitative estimate of drug-likeness (QED) is 0.158. The molecule has 1 aliphatic rings. The van der Waals surface area contributed by atoms with Gasteiger partial charge in [-0.3, -0.25) is 0 Å². The molecule has 3 aromatic rings. The fourth-order valence-electron chi connectivity index (χ4n) is 2.91. The molecule has 1 fully saturated rings. The number of esters is 1. The van der Waals surface area contributed by atoms with Gasteiger partial charge in [0.25, 0.3) is 0 Å². The van der Waals surface area contributed by atoms with Gasteiger partial charge in [-0.15, -0.1) is 0 Å². The second kappa shape index (κ2) is 22.1. The maximum Gasteiger partial charge on any atom is 0.338 e. The number of benzene rings is 3. The molecule has 0 saturated heterocycles. The van der Waals surface area contributed by atoms with Gasteiger partial charge >= 0.3 is 5.97 Å². The molecule has 0 atom stereocenters. The van der Waals surface area contributed by atoms with Crippen LogP contribution in [0.1, 0.15) is 69.2 Å². The zero-order chi connectivity index (χ0) is 29.5. The van der Waals surface area contributed by atoms with Crippen LogP contribution >= 0.6 is 0 Å². The van der Waals surface area contributed by atoms with E-state index in [1.54, 1.807) is 18.2 Å². The zero-order valence-electron chi connectivity index (χ0n) is 22.9. The van der Waals surface area contributed by atoms with E-state index in [9.17, 15) is 4.79 Å². The molecule has 1 aliphatic carbocycles. The van der Waals surface area contributed by atoms with E-state index in [0.29, 0.717) is 12.2 Å². The lowest BCUT2D eigenvalue weighted by Gasteiger charge is -2.14. The van der Waals surface area contributed by atoms with Crippen LogP contribution in [0.25, 0.3) is 0 Å². The van der Waals surface area contributed by atoms with Gasteiger partial charge in [0.2, 0.25) is 0 Å². The molecule has 0 amide bonds. The summed E-state index contributed by atoms with van der Waals surface area (Å²) in [5, 5.41) is 52.5. The van der Waals surface area contributed by atoms with Crippen molar-refractivity contribution in [3.8, 4) is 28.7 Å². The minimum atomic E-state index is -0.346. The molecule has 8 nitrogen and oxygen atoms in total. The smallest absolute Gasteiger partial charge is 0.338 e. The van der Waals surface area contributed by atoms with Crippen molar-refractivity contribution in [1.82, 2.24) is 0 Å². The predicted molar refractivity (Wildman–Crippen MR) is 153 cm³/mol. The largest absolute Gasteiger partial charge is 0.508 e. The lowest BCUT2D eigenvalue weighted by Crippen LogP contribution is -2.09. The molecule has 3 aromatic carbocycles. The third-order valence-corrected chi connectivity index (χ3v) is 4.83. The number of aliphatic hydroxyl groups excluding tert-OH is 1. The van der Waals surface area contributed by atoms with Crippen molar-refractivity contribution >= 4 is 5.97 Å². The van der Waals surface area contributed by atoms with E-state index >= 15 is 0 Å². The van der Waals surface area contributed by atoms with Gasteiger partial charge in [-0.05, 0) is 67.8 Å². The Morgan fingerprint density at radius 1 is 0.769 bits per heavy atom. The molecule has 0 spiro atoms. The van der Waals surface area contributed by atoms with Gasteiger partial charge in [-0.2, -0.15) is 0 Å². The molecule has 0 heterocycles. The van der Waals surface area contributed by atoms with Crippen LogP contribution in [0.2, 0.25) is 0 Å². The molecule has 4 rings (SSSR count). The van der Waals surface area contributed by atoms with Crippen molar-refractivity contribution < 1.29 is 40.2 Å². The number of hydrogen-bond acceptors (Lipinski definition) is 8. The SMILES string of the molecule is CCCOC(=O)c1ccc(O)cc1.OC1CCCCC1.Oc1cccc(O)c1.Oc1ccccc1O.[CH2]CC. The van der Waals surface area contributed by atoms with Gasteiger partial charge in [0.05, 0.1) is 18.3 Å². The highest BCUT2D eigenvalue weighted by atomic mass is 16.5. The topological polar surface area (TPSA) is 148 Å². The number of aromatic hydroxyl groups is 5. The molecule has 0 aliphatic heterocycles. The predicted octanol–water partition coefficient (Wildman–Crippen LogP) is 6.70. The summed E-state index contributed by atoms with van der Waals surface area (Å²) in [6.07, 6.45) is 7.73. The minimum absolute atomic E-state index is 0.0359. The van der Waals surface area contributed by atoms with Gasteiger partial charge in [0, 0.05) is 6.07 Å². The number of ether oxygens (including phenoxy) is 1. The van der Waals surface area contributed by atoms with Crippen LogP contribution in [0, 0.1) is 6.92 Å². The van der Waals surface area contributed by atoms with E-state index in [1.807, 2.05) is 13.8 Å². The molecular weight excluding hydrogens is 500 g/mol. The fraction of sp³-hybridized carbons (Fsp3) is 0.355. The van der Waals surface area contributed by atoms with Crippen LogP contribution in [0.15, 0.2) is 72.8 Å². The van der Waals surface area contributed by atoms with E-state index in [4.69, 9.17) is 35.4 Å². The first-order chi connectivity index (χ1) is 18.6. The summed E-state index contributed by atoms with van der Waals surface area (Å²) in [5.74, 6) is -0.177. The molecule has 39 heavy (non-hydrogen) atoms. The molecule has 215 valence electrons. The highest BCUT2D eigenvalue weighted by Crippen LogP contribution is 2.21. The average molecular weight is 544 g/mol. The molecular formula is C31H43O8. The first-order valence-corrected chi connectivity index (χ1v) is 13.0. The standard InChI is InChI=1S/C10H12O3.2C6H6O2.C6H12O.C3H7/c1-2-7-13-10(12)8-3-5-9(11)6-4-8;7-5-2-1-3-6(8)4-5;7-5-3-1-2-4-6(5)8;7-6-4-2-1-3-5-6;1-3-2/h3-6,11H,2,7H2,1H3;2*1-4,7-8H;6-7H,1-5H2;1,3H2,2H3. The second-order valence-corrected chi connectivity index (χ2v) is 8.48. The monoisotopic (exact) mass is 543 g/mol. The van der Waals surface area contributed by atoms with Crippen molar-refractivity contribution in [1.29, 1.82) is 0 Å². The minimum Gasteiger partial charge on any atom is -0.508 e. The normalized spacial score (nSPS) is 11.9. The van der Waals surface area contributed by atoms with Gasteiger partial charge in [-0.1, -0.05) is 64.7 Å². The van der Waals surface area contributed by atoms with E-state index in [-0.39, 0.29) is 40.8 Å². The molecule has 6 N–H and O–H groups in total. The van der Waals surface area contributed by atoms with Gasteiger partial charge in [0.1, 0.15) is 17.2 Å². The Kier molecular flexibility index (Phi) is 19.9. The van der Waals surface area contributed by atoms with Crippen molar-refractivity contribution in [3.05, 3.63) is 85.3 Å². The van der Waals surface area contributed by atoms with Crippen LogP contribution < -0.4 is 0 Å². The summed E-state index contributed by atoms with van der Waals surface area (Å²) >= 11 is 0. The number of aliphatic hydroxyl groups is 1. The number of phenolic OH excluding ortho intramolecular Hbond substituents is 5. The van der Waals surface area contributed by atoms with Crippen molar-refractivity contribution in [2.24, 2.45) is 0 Å². The van der Waals surface area contributed by atoms with E-state index < -0.39 is 0 Å². The third-order valence-electron chi connectivity index (χ3n) is 4.83. The van der Waals surface area contributed by atoms with E-state index in [0.717, 1.165) is 25.7 Å². The molecule has 1 saturated carbocycles. The Balaban J connectivity index is 0.000000490. The van der Waals surface area contributed by atoms with E-state index in [2.05, 4.69) is 6.92 Å². The van der Waals surface area contributed by atoms with Crippen molar-refractivity contribution in [2.75, 3.05) is 6.61 Å². The fourth-order valence-corrected chi connectivity index (χ4v) is 2.91. The van der Waals surface area contributed by atoms with Crippen molar-refractivity contribution in [3.63, 3.8) is 0 Å². The molecule has 0 bridgehead atoms. The maximum atomic E-state index is 11.2. The first kappa shape index (κ1) is 35.1. The summed E-state index contributed by atoms with van der Waals surface area (Å²) in [6, 6.07) is 18.0. The Labute approximate surface area is 231 Å². The highest BCUT2D eigenvalue weighted by Gasteiger charge is 2.07. The Bertz CT molecular complexity index is 977. The summed E-state index contributed by atoms with van der Waals surface area (Å²) in [7, 11) is 0. The van der Waals surface area contributed by atoms with Crippen LogP contribution in [0.5, 0.6) is 28.7 Å². The number of para-hydroxylation sites is 2. The number of carbonyl (C=O) groups is 1. The second-order valence-electron chi connectivity index (χ2n) is 8.48. The Hall–Kier alpha value is -3.91. The third kappa shape index (κ3) is 18.9. The van der Waals surface area contributed by atoms with Crippen molar-refractivity contribution in [2.45, 2.75) is 64.9 Å². The summed E-state index contributed by atoms with van der Waals surface area (Å²) in [6.45, 7) is 7.86. The molecule has 8 heteroatoms. The van der Waals surface area contributed by atoms with Crippen LogP contribution in [-0.2, 0) is 4.74 Å². The van der Waals surface area contributed by atoms with E-state index in [1.165, 1.54) is 73.9 Å². The number of phenols is 5. The maximum absolute atomic E-state index is 11.2. The molecule has 0 aromatic heterocycles. The van der Waals surface area contributed by atoms with Crippen LogP contribution in [0.4, 0.5) is 0 Å². The van der Waals surface area contributed by atoms with Crippen LogP contribution in [0.3, 0.4) is 0 Å². The summed E-state index contributed by atoms with van der Waals surface area (Å²) < 4.78 is 4.90. The Morgan fingerprint density at radius 3 is 1.59 bits per heavy atom. The number of rotatable bonds is 3. The van der Waals surface area contributed by atoms with Gasteiger partial charge in [-0.25, -0.2) is 4.79 Å². The summed E-state index contributed by atoms with van der Waals surface area (Å²) in [4.78, 5) is 11.2.